The molecule has 0 saturated heterocycles. The van der Waals surface area contributed by atoms with E-state index in [2.05, 4.69) is 4.74 Å². The highest BCUT2D eigenvalue weighted by atomic mass is 127. The first-order valence-corrected chi connectivity index (χ1v) is 4.57. The number of esters is 1. The molecule has 0 aliphatic rings. The van der Waals surface area contributed by atoms with Gasteiger partial charge in [0.15, 0.2) is 0 Å². The summed E-state index contributed by atoms with van der Waals surface area (Å²) in [7, 11) is 1.36. The zero-order valence-corrected chi connectivity index (χ0v) is 9.28. The number of benzene rings is 1. The molecule has 70 valence electrons. The van der Waals surface area contributed by atoms with Gasteiger partial charge in [0.25, 0.3) is 0 Å². The average Bonchev–Trinajstić information content (AvgIpc) is 2.18. The molecular formula is C9H9IO3. The van der Waals surface area contributed by atoms with Crippen LogP contribution in [0, 0.1) is 0 Å². The molecule has 0 atom stereocenters. The van der Waals surface area contributed by atoms with Crippen LogP contribution in [0.3, 0.4) is 0 Å². The molecule has 0 N–H and O–H groups in total. The molecule has 0 radical (unpaired) electrons. The van der Waals surface area contributed by atoms with Gasteiger partial charge in [-0.25, -0.2) is 4.79 Å². The van der Waals surface area contributed by atoms with Crippen molar-refractivity contribution >= 4 is 29.0 Å². The molecule has 0 fully saturated rings. The summed E-state index contributed by atoms with van der Waals surface area (Å²) in [5.41, 5.74) is 1.51. The van der Waals surface area contributed by atoms with Crippen LogP contribution in [0.1, 0.15) is 15.9 Å². The molecule has 0 amide bonds. The predicted octanol–water partition coefficient (Wildman–Crippen LogP) is 2.34. The number of carbonyl (C=O) groups is 1. The number of rotatable bonds is 3. The summed E-state index contributed by atoms with van der Waals surface area (Å²) < 4.78 is 9.50. The number of methoxy groups -OCH3 is 1. The monoisotopic (exact) mass is 292 g/mol. The van der Waals surface area contributed by atoms with Crippen molar-refractivity contribution in [3.63, 3.8) is 0 Å². The Bertz CT molecular complexity index is 299. The van der Waals surface area contributed by atoms with E-state index in [-0.39, 0.29) is 5.97 Å². The van der Waals surface area contributed by atoms with E-state index < -0.39 is 0 Å². The number of carbonyl (C=O) groups excluding carboxylic acids is 1. The molecule has 1 rings (SSSR count). The van der Waals surface area contributed by atoms with Gasteiger partial charge in [-0.1, -0.05) is 12.1 Å². The highest BCUT2D eigenvalue weighted by Gasteiger charge is 2.04. The topological polar surface area (TPSA) is 35.5 Å². The molecule has 0 bridgehead atoms. The minimum atomic E-state index is -0.324. The van der Waals surface area contributed by atoms with Crippen molar-refractivity contribution in [3.8, 4) is 0 Å². The van der Waals surface area contributed by atoms with Crippen molar-refractivity contribution < 1.29 is 12.6 Å². The molecule has 0 spiro atoms. The lowest BCUT2D eigenvalue weighted by atomic mass is 10.1. The number of ether oxygens (including phenoxy) is 1. The van der Waals surface area contributed by atoms with Gasteiger partial charge in [-0.05, 0) is 17.7 Å². The van der Waals surface area contributed by atoms with Crippen molar-refractivity contribution in [1.82, 2.24) is 0 Å². The van der Waals surface area contributed by atoms with Crippen LogP contribution in [0.2, 0.25) is 0 Å². The first-order chi connectivity index (χ1) is 6.27. The second kappa shape index (κ2) is 5.18. The Morgan fingerprint density at radius 3 is 2.92 bits per heavy atom. The van der Waals surface area contributed by atoms with Crippen molar-refractivity contribution in [1.29, 1.82) is 0 Å². The third kappa shape index (κ3) is 2.96. The molecule has 1 aromatic carbocycles. The van der Waals surface area contributed by atoms with Crippen LogP contribution in [-0.2, 0) is 14.4 Å². The lowest BCUT2D eigenvalue weighted by molar-refractivity contribution is 0.0600. The summed E-state index contributed by atoms with van der Waals surface area (Å²) in [6.45, 7) is 0.491. The number of hydrogen-bond acceptors (Lipinski definition) is 3. The van der Waals surface area contributed by atoms with Crippen molar-refractivity contribution in [2.24, 2.45) is 0 Å². The largest absolute Gasteiger partial charge is 0.465 e. The molecule has 3 nitrogen and oxygen atoms in total. The van der Waals surface area contributed by atoms with Gasteiger partial charge < -0.3 is 7.80 Å². The van der Waals surface area contributed by atoms with Crippen LogP contribution >= 0.6 is 23.0 Å². The quantitative estimate of drug-likeness (QED) is 0.633. The Labute approximate surface area is 90.7 Å². The van der Waals surface area contributed by atoms with E-state index in [1.54, 1.807) is 18.2 Å². The smallest absolute Gasteiger partial charge is 0.337 e. The van der Waals surface area contributed by atoms with Gasteiger partial charge in [-0.15, -0.1) is 0 Å². The lowest BCUT2D eigenvalue weighted by Crippen LogP contribution is -2.01. The number of hydrogen-bond donors (Lipinski definition) is 0. The first kappa shape index (κ1) is 10.5. The highest BCUT2D eigenvalue weighted by molar-refractivity contribution is 14.1. The van der Waals surface area contributed by atoms with Crippen LogP contribution in [0.15, 0.2) is 24.3 Å². The Morgan fingerprint density at radius 1 is 1.54 bits per heavy atom. The molecule has 0 saturated carbocycles. The maximum absolute atomic E-state index is 11.1. The van der Waals surface area contributed by atoms with E-state index in [0.717, 1.165) is 5.56 Å². The zero-order valence-electron chi connectivity index (χ0n) is 7.12. The first-order valence-electron chi connectivity index (χ1n) is 3.68. The highest BCUT2D eigenvalue weighted by Crippen LogP contribution is 2.08. The van der Waals surface area contributed by atoms with Crippen LogP contribution in [-0.4, -0.2) is 13.1 Å². The van der Waals surface area contributed by atoms with Crippen LogP contribution in [0.5, 0.6) is 0 Å². The zero-order chi connectivity index (χ0) is 9.68. The molecule has 1 aromatic rings. The Balaban J connectivity index is 2.85. The van der Waals surface area contributed by atoms with Gasteiger partial charge >= 0.3 is 5.97 Å². The fourth-order valence-electron chi connectivity index (χ4n) is 0.969. The molecule has 0 aliphatic heterocycles. The molecule has 0 heterocycles. The summed E-state index contributed by atoms with van der Waals surface area (Å²) in [5, 5.41) is 0. The van der Waals surface area contributed by atoms with Crippen molar-refractivity contribution in [2.75, 3.05) is 7.11 Å². The third-order valence-electron chi connectivity index (χ3n) is 1.57. The molecular weight excluding hydrogens is 283 g/mol. The lowest BCUT2D eigenvalue weighted by Gasteiger charge is -2.01. The van der Waals surface area contributed by atoms with Gasteiger partial charge in [0.1, 0.15) is 23.0 Å². The van der Waals surface area contributed by atoms with Gasteiger partial charge in [0.2, 0.25) is 0 Å². The molecule has 0 aliphatic carbocycles. The normalized spacial score (nSPS) is 9.69. The fourth-order valence-corrected chi connectivity index (χ4v) is 1.33. The van der Waals surface area contributed by atoms with Gasteiger partial charge in [0.05, 0.1) is 19.3 Å². The molecule has 0 unspecified atom stereocenters. The second-order valence-electron chi connectivity index (χ2n) is 2.45. The Kier molecular flexibility index (Phi) is 4.17. The molecule has 13 heavy (non-hydrogen) atoms. The summed E-state index contributed by atoms with van der Waals surface area (Å²) >= 11 is 1.81. The Hall–Kier alpha value is -0.620. The molecule has 0 aromatic heterocycles. The molecule has 4 heteroatoms. The van der Waals surface area contributed by atoms with Gasteiger partial charge in [0, 0.05) is 0 Å². The fraction of sp³-hybridized carbons (Fsp3) is 0.222. The predicted molar refractivity (Wildman–Crippen MR) is 56.6 cm³/mol. The third-order valence-corrected chi connectivity index (χ3v) is 1.88. The van der Waals surface area contributed by atoms with E-state index in [9.17, 15) is 4.79 Å². The standard InChI is InChI=1S/C9H9IO3/c1-12-9(11)8-4-2-3-7(5-8)6-13-10/h2-5H,6H2,1H3. The van der Waals surface area contributed by atoms with E-state index in [1.165, 1.54) is 7.11 Å². The summed E-state index contributed by atoms with van der Waals surface area (Å²) in [5.74, 6) is -0.324. The van der Waals surface area contributed by atoms with E-state index in [0.29, 0.717) is 12.2 Å². The summed E-state index contributed by atoms with van der Waals surface area (Å²) in [4.78, 5) is 11.1. The van der Waals surface area contributed by atoms with Crippen LogP contribution < -0.4 is 0 Å². The SMILES string of the molecule is COC(=O)c1cccc(COI)c1. The minimum Gasteiger partial charge on any atom is -0.465 e. The van der Waals surface area contributed by atoms with Crippen LogP contribution in [0.4, 0.5) is 0 Å². The second-order valence-corrected chi connectivity index (χ2v) is 3.07. The maximum atomic E-state index is 11.1. The van der Waals surface area contributed by atoms with E-state index in [4.69, 9.17) is 3.07 Å². The van der Waals surface area contributed by atoms with Gasteiger partial charge in [-0.2, -0.15) is 0 Å². The van der Waals surface area contributed by atoms with Crippen molar-refractivity contribution in [2.45, 2.75) is 6.61 Å². The summed E-state index contributed by atoms with van der Waals surface area (Å²) in [6.07, 6.45) is 0. The van der Waals surface area contributed by atoms with E-state index >= 15 is 0 Å². The Morgan fingerprint density at radius 2 is 2.31 bits per heavy atom. The van der Waals surface area contributed by atoms with Crippen molar-refractivity contribution in [3.05, 3.63) is 35.4 Å². The maximum Gasteiger partial charge on any atom is 0.337 e. The van der Waals surface area contributed by atoms with Crippen LogP contribution in [0.25, 0.3) is 0 Å². The van der Waals surface area contributed by atoms with Gasteiger partial charge in [-0.3, -0.25) is 0 Å². The minimum absolute atomic E-state index is 0.324. The average molecular weight is 292 g/mol. The summed E-state index contributed by atoms with van der Waals surface area (Å²) in [6, 6.07) is 7.16. The number of halogens is 1. The van der Waals surface area contributed by atoms with E-state index in [1.807, 2.05) is 29.1 Å².